The Morgan fingerprint density at radius 1 is 0.955 bits per heavy atom. The second-order valence-electron chi connectivity index (χ2n) is 7.48. The van der Waals surface area contributed by atoms with E-state index in [-0.39, 0.29) is 0 Å². The molecular weight excluding hydrogens is 270 g/mol. The number of hydrogen-bond acceptors (Lipinski definition) is 3. The Kier molecular flexibility index (Phi) is 4.86. The first-order chi connectivity index (χ1) is 10.6. The summed E-state index contributed by atoms with van der Waals surface area (Å²) in [5, 5.41) is 0. The van der Waals surface area contributed by atoms with Crippen LogP contribution in [0, 0.1) is 12.8 Å². The summed E-state index contributed by atoms with van der Waals surface area (Å²) in [6, 6.07) is 10.1. The number of benzene rings is 1. The van der Waals surface area contributed by atoms with Crippen molar-refractivity contribution in [3.8, 4) is 0 Å². The Hall–Kier alpha value is -0.900. The minimum atomic E-state index is 0.531. The predicted octanol–water partition coefficient (Wildman–Crippen LogP) is 2.62. The van der Waals surface area contributed by atoms with Crippen molar-refractivity contribution < 1.29 is 0 Å². The molecule has 0 bridgehead atoms. The van der Waals surface area contributed by atoms with E-state index in [1.54, 1.807) is 0 Å². The van der Waals surface area contributed by atoms with Gasteiger partial charge in [-0.3, -0.25) is 9.80 Å². The van der Waals surface area contributed by atoms with Crippen LogP contribution in [0.2, 0.25) is 0 Å². The van der Waals surface area contributed by atoms with E-state index in [1.165, 1.54) is 43.6 Å². The van der Waals surface area contributed by atoms with Gasteiger partial charge in [0.2, 0.25) is 0 Å². The second-order valence-corrected chi connectivity index (χ2v) is 7.48. The van der Waals surface area contributed by atoms with E-state index in [0.29, 0.717) is 12.1 Å². The summed E-state index contributed by atoms with van der Waals surface area (Å²) in [4.78, 5) is 7.72. The smallest absolute Gasteiger partial charge is 0.0475 e. The second kappa shape index (κ2) is 6.69. The van der Waals surface area contributed by atoms with Gasteiger partial charge in [-0.15, -0.1) is 0 Å². The van der Waals surface area contributed by atoms with Crippen molar-refractivity contribution in [3.05, 3.63) is 35.4 Å². The molecule has 1 aromatic carbocycles. The maximum Gasteiger partial charge on any atom is 0.0475 e. The van der Waals surface area contributed by atoms with Crippen LogP contribution in [-0.4, -0.2) is 68.1 Å². The Morgan fingerprint density at radius 3 is 2.45 bits per heavy atom. The fraction of sp³-hybridized carbons (Fsp3) is 0.684. The average molecular weight is 301 g/mol. The molecule has 0 saturated carbocycles. The van der Waals surface area contributed by atoms with Crippen LogP contribution in [0.15, 0.2) is 24.3 Å². The van der Waals surface area contributed by atoms with Gasteiger partial charge in [-0.25, -0.2) is 0 Å². The molecule has 1 aromatic rings. The van der Waals surface area contributed by atoms with E-state index in [2.05, 4.69) is 67.0 Å². The summed E-state index contributed by atoms with van der Waals surface area (Å²) in [6.45, 7) is 7.11. The standard InChI is InChI=1S/C19H31N3/c1-15-8-5-6-10-17(15)19-14-21(3)18(13-22(19)4)16-9-7-11-20(2)12-16/h5-6,8,10,16,18-19H,7,9,11-14H2,1-4H3. The molecule has 0 aromatic heterocycles. The molecule has 2 fully saturated rings. The fourth-order valence-corrected chi connectivity index (χ4v) is 4.44. The summed E-state index contributed by atoms with van der Waals surface area (Å²) in [5.74, 6) is 0.823. The Balaban J connectivity index is 1.73. The lowest BCUT2D eigenvalue weighted by atomic mass is 9.86. The molecule has 2 saturated heterocycles. The molecule has 0 N–H and O–H groups in total. The molecule has 0 aliphatic carbocycles. The zero-order valence-corrected chi connectivity index (χ0v) is 14.6. The minimum absolute atomic E-state index is 0.531. The summed E-state index contributed by atoms with van der Waals surface area (Å²) in [6.07, 6.45) is 2.75. The van der Waals surface area contributed by atoms with Crippen molar-refractivity contribution in [1.82, 2.24) is 14.7 Å². The van der Waals surface area contributed by atoms with E-state index in [4.69, 9.17) is 0 Å². The number of nitrogens with zero attached hydrogens (tertiary/aromatic N) is 3. The molecule has 3 rings (SSSR count). The highest BCUT2D eigenvalue weighted by Crippen LogP contribution is 2.32. The van der Waals surface area contributed by atoms with Crippen LogP contribution in [0.4, 0.5) is 0 Å². The normalized spacial score (nSPS) is 32.3. The van der Waals surface area contributed by atoms with Crippen LogP contribution >= 0.6 is 0 Å². The zero-order valence-electron chi connectivity index (χ0n) is 14.6. The molecule has 2 aliphatic rings. The maximum absolute atomic E-state index is 2.63. The average Bonchev–Trinajstić information content (AvgIpc) is 2.50. The lowest BCUT2D eigenvalue weighted by Crippen LogP contribution is -2.56. The number of piperidine rings is 1. The third-order valence-corrected chi connectivity index (χ3v) is 5.79. The summed E-state index contributed by atoms with van der Waals surface area (Å²) >= 11 is 0. The first-order valence-electron chi connectivity index (χ1n) is 8.71. The van der Waals surface area contributed by atoms with Gasteiger partial charge in [0, 0.05) is 31.7 Å². The van der Waals surface area contributed by atoms with Gasteiger partial charge in [-0.1, -0.05) is 24.3 Å². The van der Waals surface area contributed by atoms with E-state index >= 15 is 0 Å². The van der Waals surface area contributed by atoms with Crippen molar-refractivity contribution in [1.29, 1.82) is 0 Å². The highest BCUT2D eigenvalue weighted by molar-refractivity contribution is 5.29. The number of piperazine rings is 1. The highest BCUT2D eigenvalue weighted by atomic mass is 15.3. The molecule has 22 heavy (non-hydrogen) atoms. The van der Waals surface area contributed by atoms with E-state index in [1.807, 2.05) is 0 Å². The third kappa shape index (κ3) is 3.22. The van der Waals surface area contributed by atoms with Crippen molar-refractivity contribution in [2.45, 2.75) is 31.8 Å². The first-order valence-corrected chi connectivity index (χ1v) is 8.71. The molecule has 3 heteroatoms. The molecule has 3 nitrogen and oxygen atoms in total. The van der Waals surface area contributed by atoms with Crippen molar-refractivity contribution >= 4 is 0 Å². The molecule has 3 unspecified atom stereocenters. The van der Waals surface area contributed by atoms with Crippen LogP contribution in [0.3, 0.4) is 0 Å². The summed E-state index contributed by atoms with van der Waals surface area (Å²) in [7, 11) is 6.91. The summed E-state index contributed by atoms with van der Waals surface area (Å²) in [5.41, 5.74) is 2.92. The first kappa shape index (κ1) is 16.0. The fourth-order valence-electron chi connectivity index (χ4n) is 4.44. The maximum atomic E-state index is 2.63. The SMILES string of the molecule is Cc1ccccc1C1CN(C)C(C2CCCN(C)C2)CN1C. The predicted molar refractivity (Wildman–Crippen MR) is 93.2 cm³/mol. The van der Waals surface area contributed by atoms with E-state index in [9.17, 15) is 0 Å². The van der Waals surface area contributed by atoms with Gasteiger partial charge in [0.1, 0.15) is 0 Å². The molecule has 122 valence electrons. The lowest BCUT2D eigenvalue weighted by molar-refractivity contribution is 0.0133. The zero-order chi connectivity index (χ0) is 15.7. The molecular formula is C19H31N3. The van der Waals surface area contributed by atoms with Crippen LogP contribution in [0.1, 0.15) is 30.0 Å². The van der Waals surface area contributed by atoms with Crippen molar-refractivity contribution in [2.24, 2.45) is 5.92 Å². The molecule has 3 atom stereocenters. The quantitative estimate of drug-likeness (QED) is 0.831. The number of hydrogen-bond donors (Lipinski definition) is 0. The minimum Gasteiger partial charge on any atom is -0.306 e. The van der Waals surface area contributed by atoms with Gasteiger partial charge in [-0.2, -0.15) is 0 Å². The molecule has 0 radical (unpaired) electrons. The monoisotopic (exact) mass is 301 g/mol. The molecule has 2 aliphatic heterocycles. The Bertz CT molecular complexity index is 501. The number of rotatable bonds is 2. The highest BCUT2D eigenvalue weighted by Gasteiger charge is 2.36. The van der Waals surface area contributed by atoms with Crippen molar-refractivity contribution in [2.75, 3.05) is 47.3 Å². The van der Waals surface area contributed by atoms with E-state index < -0.39 is 0 Å². The van der Waals surface area contributed by atoms with Crippen LogP contribution in [0.5, 0.6) is 0 Å². The number of likely N-dealkylation sites (N-methyl/N-ethyl adjacent to an activating group) is 2. The van der Waals surface area contributed by atoms with Gasteiger partial charge in [0.25, 0.3) is 0 Å². The van der Waals surface area contributed by atoms with Gasteiger partial charge >= 0.3 is 0 Å². The lowest BCUT2D eigenvalue weighted by Gasteiger charge is -2.48. The molecule has 0 spiro atoms. The van der Waals surface area contributed by atoms with Crippen LogP contribution in [-0.2, 0) is 0 Å². The van der Waals surface area contributed by atoms with Crippen LogP contribution < -0.4 is 0 Å². The van der Waals surface area contributed by atoms with E-state index in [0.717, 1.165) is 12.5 Å². The van der Waals surface area contributed by atoms with Gasteiger partial charge in [0.15, 0.2) is 0 Å². The molecule has 0 amide bonds. The number of aryl methyl sites for hydroxylation is 1. The van der Waals surface area contributed by atoms with Gasteiger partial charge in [-0.05, 0) is 64.5 Å². The molecule has 2 heterocycles. The van der Waals surface area contributed by atoms with Crippen LogP contribution in [0.25, 0.3) is 0 Å². The number of likely N-dealkylation sites (tertiary alicyclic amines) is 1. The van der Waals surface area contributed by atoms with Gasteiger partial charge in [0.05, 0.1) is 0 Å². The topological polar surface area (TPSA) is 9.72 Å². The summed E-state index contributed by atoms with van der Waals surface area (Å²) < 4.78 is 0. The Morgan fingerprint density at radius 2 is 1.73 bits per heavy atom. The van der Waals surface area contributed by atoms with Crippen molar-refractivity contribution in [3.63, 3.8) is 0 Å². The largest absolute Gasteiger partial charge is 0.306 e. The van der Waals surface area contributed by atoms with Gasteiger partial charge < -0.3 is 4.90 Å². The third-order valence-electron chi connectivity index (χ3n) is 5.79. The Labute approximate surface area is 135 Å².